The third-order valence-corrected chi connectivity index (χ3v) is 5.46. The smallest absolute Gasteiger partial charge is 0.458 e. The van der Waals surface area contributed by atoms with Crippen molar-refractivity contribution in [3.8, 4) is 11.5 Å². The van der Waals surface area contributed by atoms with E-state index >= 15 is 0 Å². The predicted molar refractivity (Wildman–Crippen MR) is 91.7 cm³/mol. The predicted octanol–water partition coefficient (Wildman–Crippen LogP) is 4.93. The maximum absolute atomic E-state index is 12.8. The maximum Gasteiger partial charge on any atom is 0.458 e. The number of rotatable bonds is 5. The molecule has 0 heterocycles. The first-order chi connectivity index (χ1) is 10.8. The fourth-order valence-electron chi connectivity index (χ4n) is 2.79. The number of ether oxygens (including phenoxy) is 2. The SMILES string of the molecule is COc1cccc(OC)c1C(=O)[P+](=O)C1=C(C)CC(C)(C)C=C1. The van der Waals surface area contributed by atoms with Crippen molar-refractivity contribution in [2.24, 2.45) is 5.41 Å². The van der Waals surface area contributed by atoms with Crippen LogP contribution in [0.3, 0.4) is 0 Å². The van der Waals surface area contributed by atoms with Gasteiger partial charge in [-0.15, -0.1) is 0 Å². The molecule has 5 heteroatoms. The van der Waals surface area contributed by atoms with Gasteiger partial charge in [0.2, 0.25) is 0 Å². The monoisotopic (exact) mass is 333 g/mol. The highest BCUT2D eigenvalue weighted by Gasteiger charge is 2.41. The van der Waals surface area contributed by atoms with Crippen LogP contribution in [0.2, 0.25) is 0 Å². The third-order valence-electron chi connectivity index (χ3n) is 3.90. The van der Waals surface area contributed by atoms with E-state index in [0.717, 1.165) is 12.0 Å². The van der Waals surface area contributed by atoms with Gasteiger partial charge in [-0.3, -0.25) is 0 Å². The van der Waals surface area contributed by atoms with Crippen molar-refractivity contribution >= 4 is 13.3 Å². The molecule has 0 radical (unpaired) electrons. The second kappa shape index (κ2) is 6.67. The molecule has 0 bridgehead atoms. The Morgan fingerprint density at radius 2 is 1.74 bits per heavy atom. The molecule has 1 atom stereocenters. The van der Waals surface area contributed by atoms with Gasteiger partial charge in [-0.05, 0) is 42.5 Å². The number of hydrogen-bond acceptors (Lipinski definition) is 4. The zero-order chi connectivity index (χ0) is 17.2. The van der Waals surface area contributed by atoms with Crippen LogP contribution in [0.5, 0.6) is 11.5 Å². The van der Waals surface area contributed by atoms with E-state index < -0.39 is 13.3 Å². The van der Waals surface area contributed by atoms with E-state index in [1.165, 1.54) is 14.2 Å². The standard InChI is InChI=1S/C18H22O4P/c1-12-11-18(2,3)10-9-15(12)23(20)17(19)16-13(21-4)7-6-8-14(16)22-5/h6-10H,11H2,1-5H3/q+1. The molecule has 0 fully saturated rings. The van der Waals surface area contributed by atoms with Gasteiger partial charge in [0.25, 0.3) is 0 Å². The minimum absolute atomic E-state index is 0.0227. The Bertz CT molecular complexity index is 691. The molecular weight excluding hydrogens is 311 g/mol. The zero-order valence-electron chi connectivity index (χ0n) is 14.2. The van der Waals surface area contributed by atoms with Crippen LogP contribution in [0, 0.1) is 5.41 Å². The Morgan fingerprint density at radius 1 is 1.17 bits per heavy atom. The Hall–Kier alpha value is -1.93. The number of carbonyl (C=O) groups is 1. The van der Waals surface area contributed by atoms with Crippen LogP contribution in [0.25, 0.3) is 0 Å². The molecule has 2 rings (SSSR count). The zero-order valence-corrected chi connectivity index (χ0v) is 15.1. The fourth-order valence-corrected chi connectivity index (χ4v) is 4.07. The Kier molecular flexibility index (Phi) is 5.06. The van der Waals surface area contributed by atoms with E-state index in [9.17, 15) is 9.36 Å². The number of carbonyl (C=O) groups excluding carboxylic acids is 1. The van der Waals surface area contributed by atoms with Crippen molar-refractivity contribution < 1.29 is 18.8 Å². The first-order valence-electron chi connectivity index (χ1n) is 7.42. The summed E-state index contributed by atoms with van der Waals surface area (Å²) in [6.45, 7) is 6.16. The van der Waals surface area contributed by atoms with Crippen LogP contribution < -0.4 is 9.47 Å². The highest BCUT2D eigenvalue weighted by molar-refractivity contribution is 7.68. The van der Waals surface area contributed by atoms with Crippen LogP contribution in [-0.4, -0.2) is 19.7 Å². The third kappa shape index (κ3) is 3.53. The fraction of sp³-hybridized carbons (Fsp3) is 0.389. The van der Waals surface area contributed by atoms with Gasteiger partial charge in [0.1, 0.15) is 11.5 Å². The molecule has 4 nitrogen and oxygen atoms in total. The largest absolute Gasteiger partial charge is 0.496 e. The molecule has 0 N–H and O–H groups in total. The first-order valence-corrected chi connectivity index (χ1v) is 8.68. The molecule has 0 aliphatic heterocycles. The lowest BCUT2D eigenvalue weighted by Crippen LogP contribution is -2.12. The van der Waals surface area contributed by atoms with Crippen molar-refractivity contribution in [2.45, 2.75) is 27.2 Å². The molecule has 0 amide bonds. The molecule has 23 heavy (non-hydrogen) atoms. The van der Waals surface area contributed by atoms with E-state index in [2.05, 4.69) is 13.8 Å². The lowest BCUT2D eigenvalue weighted by Gasteiger charge is -2.23. The second-order valence-electron chi connectivity index (χ2n) is 6.30. The molecule has 1 aliphatic rings. The summed E-state index contributed by atoms with van der Waals surface area (Å²) in [6, 6.07) is 5.06. The van der Waals surface area contributed by atoms with E-state index in [-0.39, 0.29) is 11.0 Å². The summed E-state index contributed by atoms with van der Waals surface area (Å²) >= 11 is 0. The minimum Gasteiger partial charge on any atom is -0.496 e. The molecular formula is C18H22O4P+. The van der Waals surface area contributed by atoms with Gasteiger partial charge in [0.05, 0.1) is 14.2 Å². The molecule has 1 aromatic rings. The van der Waals surface area contributed by atoms with E-state index in [4.69, 9.17) is 9.47 Å². The topological polar surface area (TPSA) is 52.6 Å². The van der Waals surface area contributed by atoms with Gasteiger partial charge in [0.15, 0.2) is 10.9 Å². The van der Waals surface area contributed by atoms with Crippen LogP contribution in [0.15, 0.2) is 41.2 Å². The van der Waals surface area contributed by atoms with E-state index in [0.29, 0.717) is 16.8 Å². The second-order valence-corrected chi connectivity index (χ2v) is 7.78. The van der Waals surface area contributed by atoms with Gasteiger partial charge in [-0.2, -0.15) is 0 Å². The van der Waals surface area contributed by atoms with Gasteiger partial charge < -0.3 is 9.47 Å². The molecule has 1 aromatic carbocycles. The summed E-state index contributed by atoms with van der Waals surface area (Å²) in [5.74, 6) is 0.743. The summed E-state index contributed by atoms with van der Waals surface area (Å²) in [7, 11) is 0.740. The summed E-state index contributed by atoms with van der Waals surface area (Å²) in [4.78, 5) is 12.8. The summed E-state index contributed by atoms with van der Waals surface area (Å²) in [5.41, 5.74) is 0.778. The summed E-state index contributed by atoms with van der Waals surface area (Å²) in [5, 5.41) is 0.609. The van der Waals surface area contributed by atoms with Gasteiger partial charge >= 0.3 is 13.3 Å². The van der Waals surface area contributed by atoms with E-state index in [1.807, 2.05) is 19.1 Å². The molecule has 1 aliphatic carbocycles. The van der Waals surface area contributed by atoms with Crippen LogP contribution in [0.4, 0.5) is 0 Å². The number of hydrogen-bond donors (Lipinski definition) is 0. The van der Waals surface area contributed by atoms with Gasteiger partial charge in [-0.25, -0.2) is 4.79 Å². The Labute approximate surface area is 138 Å². The van der Waals surface area contributed by atoms with Crippen molar-refractivity contribution in [1.82, 2.24) is 0 Å². The molecule has 0 saturated carbocycles. The van der Waals surface area contributed by atoms with Crippen molar-refractivity contribution in [3.63, 3.8) is 0 Å². The number of allylic oxidation sites excluding steroid dienone is 4. The molecule has 1 unspecified atom stereocenters. The summed E-state index contributed by atoms with van der Waals surface area (Å²) in [6.07, 6.45) is 4.61. The molecule has 0 saturated heterocycles. The van der Waals surface area contributed by atoms with Crippen molar-refractivity contribution in [2.75, 3.05) is 14.2 Å². The lowest BCUT2D eigenvalue weighted by atomic mass is 9.82. The van der Waals surface area contributed by atoms with Crippen LogP contribution >= 0.6 is 7.80 Å². The van der Waals surface area contributed by atoms with Crippen LogP contribution in [0.1, 0.15) is 37.6 Å². The molecule has 0 spiro atoms. The highest BCUT2D eigenvalue weighted by atomic mass is 31.1. The minimum atomic E-state index is -2.22. The van der Waals surface area contributed by atoms with Crippen LogP contribution in [-0.2, 0) is 4.57 Å². The maximum atomic E-state index is 12.8. The summed E-state index contributed by atoms with van der Waals surface area (Å²) < 4.78 is 23.3. The normalized spacial score (nSPS) is 17.0. The van der Waals surface area contributed by atoms with Crippen molar-refractivity contribution in [1.29, 1.82) is 0 Å². The highest BCUT2D eigenvalue weighted by Crippen LogP contribution is 2.47. The lowest BCUT2D eigenvalue weighted by molar-refractivity contribution is 0.107. The molecule has 122 valence electrons. The van der Waals surface area contributed by atoms with Gasteiger partial charge in [0, 0.05) is 0 Å². The van der Waals surface area contributed by atoms with Gasteiger partial charge in [-0.1, -0.05) is 30.6 Å². The Morgan fingerprint density at radius 3 is 2.22 bits per heavy atom. The number of benzene rings is 1. The average molecular weight is 333 g/mol. The quantitative estimate of drug-likeness (QED) is 0.717. The number of methoxy groups -OCH3 is 2. The van der Waals surface area contributed by atoms with E-state index in [1.54, 1.807) is 18.2 Å². The van der Waals surface area contributed by atoms with Crippen molar-refractivity contribution in [3.05, 3.63) is 46.8 Å². The molecule has 0 aromatic heterocycles. The Balaban J connectivity index is 2.43. The average Bonchev–Trinajstić information content (AvgIpc) is 2.51. The first kappa shape index (κ1) is 17.4.